The average Bonchev–Trinajstić information content (AvgIpc) is 3.30. The van der Waals surface area contributed by atoms with Crippen molar-refractivity contribution in [3.8, 4) is 0 Å². The lowest BCUT2D eigenvalue weighted by molar-refractivity contribution is -0.150. The minimum atomic E-state index is -1.33. The molecular weight excluding hydrogens is 506 g/mol. The smallest absolute Gasteiger partial charge is 0.249 e. The first-order valence-electron chi connectivity index (χ1n) is 14.2. The van der Waals surface area contributed by atoms with Gasteiger partial charge >= 0.3 is 0 Å². The van der Waals surface area contributed by atoms with E-state index < -0.39 is 35.6 Å². The maximum Gasteiger partial charge on any atom is 0.249 e. The highest BCUT2D eigenvalue weighted by atomic mass is 16.5. The summed E-state index contributed by atoms with van der Waals surface area (Å²) in [5.74, 6) is -2.48. The number of benzene rings is 2. The van der Waals surface area contributed by atoms with E-state index in [1.807, 2.05) is 85.0 Å². The van der Waals surface area contributed by atoms with Gasteiger partial charge in [0.25, 0.3) is 0 Å². The van der Waals surface area contributed by atoms with Crippen LogP contribution < -0.4 is 4.90 Å². The second-order valence-electron chi connectivity index (χ2n) is 10.9. The number of anilines is 1. The molecule has 8 heteroatoms. The van der Waals surface area contributed by atoms with Gasteiger partial charge in [0, 0.05) is 25.3 Å². The molecule has 2 fully saturated rings. The third-order valence-corrected chi connectivity index (χ3v) is 8.72. The van der Waals surface area contributed by atoms with Crippen LogP contribution in [0.1, 0.15) is 31.4 Å². The van der Waals surface area contributed by atoms with Crippen LogP contribution in [-0.2, 0) is 19.1 Å². The van der Waals surface area contributed by atoms with Crippen molar-refractivity contribution in [3.63, 3.8) is 0 Å². The van der Waals surface area contributed by atoms with Gasteiger partial charge in [-0.25, -0.2) is 0 Å². The molecule has 1 spiro atoms. The molecule has 1 N–H and O–H groups in total. The number of carbonyl (C=O) groups excluding carboxylic acids is 3. The quantitative estimate of drug-likeness (QED) is 0.544. The fourth-order valence-electron chi connectivity index (χ4n) is 6.88. The van der Waals surface area contributed by atoms with Crippen molar-refractivity contribution in [2.45, 2.75) is 43.6 Å². The lowest BCUT2D eigenvalue weighted by atomic mass is 9.77. The molecule has 4 aliphatic rings. The van der Waals surface area contributed by atoms with Crippen molar-refractivity contribution in [2.24, 2.45) is 11.8 Å². The molecule has 0 saturated carbocycles. The Kier molecular flexibility index (Phi) is 7.06. The monoisotopic (exact) mass is 541 g/mol. The van der Waals surface area contributed by atoms with Gasteiger partial charge in [-0.3, -0.25) is 14.4 Å². The number of ether oxygens (including phenoxy) is 1. The van der Waals surface area contributed by atoms with Crippen LogP contribution in [0.15, 0.2) is 85.0 Å². The lowest BCUT2D eigenvalue weighted by Gasteiger charge is -2.38. The standard InChI is InChI=1S/C32H35N3O5/c1-2-3-18-33-19-11-17-32-27(26-25(40-32)16-10-20-34(29(26)37)23-14-8-5-9-15-23)30(38)35(28(32)31(33)39)24(21-36)22-12-6-4-7-13-22/h4-17,24-28,36H,2-3,18-21H2,1H3/t24-,25+,26-,27+,28?,32+/m1/s1. The zero-order valence-corrected chi connectivity index (χ0v) is 22.6. The molecule has 0 aliphatic carbocycles. The highest BCUT2D eigenvalue weighted by Crippen LogP contribution is 2.55. The number of unbranched alkanes of at least 4 members (excludes halogenated alkanes) is 1. The molecular formula is C32H35N3O5. The molecule has 2 saturated heterocycles. The summed E-state index contributed by atoms with van der Waals surface area (Å²) < 4.78 is 6.74. The van der Waals surface area contributed by atoms with Crippen molar-refractivity contribution in [2.75, 3.05) is 31.1 Å². The molecule has 3 amide bonds. The van der Waals surface area contributed by atoms with Gasteiger partial charge in [0.2, 0.25) is 17.7 Å². The summed E-state index contributed by atoms with van der Waals surface area (Å²) in [4.78, 5) is 48.1. The van der Waals surface area contributed by atoms with Gasteiger partial charge in [0.1, 0.15) is 11.6 Å². The van der Waals surface area contributed by atoms with Crippen molar-refractivity contribution in [1.82, 2.24) is 9.80 Å². The Morgan fingerprint density at radius 3 is 2.38 bits per heavy atom. The van der Waals surface area contributed by atoms with E-state index in [1.54, 1.807) is 9.80 Å². The summed E-state index contributed by atoms with van der Waals surface area (Å²) in [5.41, 5.74) is 0.143. The number of hydrogen-bond acceptors (Lipinski definition) is 5. The summed E-state index contributed by atoms with van der Waals surface area (Å²) in [6, 6.07) is 16.9. The molecule has 1 unspecified atom stereocenters. The van der Waals surface area contributed by atoms with E-state index in [9.17, 15) is 19.5 Å². The number of nitrogens with zero attached hydrogens (tertiary/aromatic N) is 3. The zero-order valence-electron chi connectivity index (χ0n) is 22.6. The Morgan fingerprint density at radius 2 is 1.68 bits per heavy atom. The SMILES string of the molecule is CCCCN1CC=C[C@]23O[C@H]4C=CCN(c5ccccc5)C(=O)[C@H]4[C@H]2C(=O)N([C@H](CO)c2ccccc2)C3C1=O. The summed E-state index contributed by atoms with van der Waals surface area (Å²) in [6.07, 6.45) is 8.63. The molecule has 0 radical (unpaired) electrons. The van der Waals surface area contributed by atoms with Crippen LogP contribution in [0, 0.1) is 11.8 Å². The minimum Gasteiger partial charge on any atom is -0.394 e. The second kappa shape index (κ2) is 10.7. The highest BCUT2D eigenvalue weighted by Gasteiger charge is 2.72. The minimum absolute atomic E-state index is 0.204. The van der Waals surface area contributed by atoms with Crippen LogP contribution in [0.5, 0.6) is 0 Å². The number of para-hydroxylation sites is 1. The zero-order chi connectivity index (χ0) is 27.9. The largest absolute Gasteiger partial charge is 0.394 e. The molecule has 8 nitrogen and oxygen atoms in total. The van der Waals surface area contributed by atoms with Crippen molar-refractivity contribution in [1.29, 1.82) is 0 Å². The van der Waals surface area contributed by atoms with E-state index in [1.165, 1.54) is 4.90 Å². The van der Waals surface area contributed by atoms with Gasteiger partial charge in [0.05, 0.1) is 30.6 Å². The Morgan fingerprint density at radius 1 is 0.950 bits per heavy atom. The van der Waals surface area contributed by atoms with Crippen LogP contribution in [0.2, 0.25) is 0 Å². The molecule has 208 valence electrons. The Labute approximate surface area is 234 Å². The molecule has 40 heavy (non-hydrogen) atoms. The fourth-order valence-corrected chi connectivity index (χ4v) is 6.88. The molecule has 6 atom stereocenters. The van der Waals surface area contributed by atoms with E-state index in [0.717, 1.165) is 24.1 Å². The number of likely N-dealkylation sites (tertiary alicyclic amines) is 1. The van der Waals surface area contributed by atoms with Gasteiger partial charge in [-0.05, 0) is 24.1 Å². The average molecular weight is 542 g/mol. The topological polar surface area (TPSA) is 90.4 Å². The number of rotatable bonds is 7. The number of aliphatic hydroxyl groups is 1. The van der Waals surface area contributed by atoms with Crippen LogP contribution in [-0.4, -0.2) is 76.6 Å². The Hall–Kier alpha value is -3.75. The van der Waals surface area contributed by atoms with Crippen LogP contribution >= 0.6 is 0 Å². The number of fused-ring (bicyclic) bond motifs is 2. The number of carbonyl (C=O) groups is 3. The molecule has 6 rings (SSSR count). The molecule has 2 aromatic rings. The second-order valence-corrected chi connectivity index (χ2v) is 10.9. The highest BCUT2D eigenvalue weighted by molar-refractivity contribution is 6.04. The summed E-state index contributed by atoms with van der Waals surface area (Å²) in [5, 5.41) is 10.6. The predicted octanol–water partition coefficient (Wildman–Crippen LogP) is 3.10. The Bertz CT molecular complexity index is 1330. The van der Waals surface area contributed by atoms with E-state index >= 15 is 0 Å². The summed E-state index contributed by atoms with van der Waals surface area (Å²) in [7, 11) is 0. The van der Waals surface area contributed by atoms with Crippen molar-refractivity contribution < 1.29 is 24.2 Å². The van der Waals surface area contributed by atoms with Gasteiger partial charge < -0.3 is 24.5 Å². The van der Waals surface area contributed by atoms with E-state index in [0.29, 0.717) is 19.6 Å². The first-order valence-corrected chi connectivity index (χ1v) is 14.2. The maximum atomic E-state index is 14.6. The predicted molar refractivity (Wildman–Crippen MR) is 150 cm³/mol. The van der Waals surface area contributed by atoms with Gasteiger partial charge in [-0.2, -0.15) is 0 Å². The third kappa shape index (κ3) is 4.09. The van der Waals surface area contributed by atoms with Gasteiger partial charge in [-0.1, -0.05) is 86.2 Å². The van der Waals surface area contributed by atoms with E-state index in [-0.39, 0.29) is 24.3 Å². The molecule has 0 aromatic heterocycles. The number of hydrogen-bond donors (Lipinski definition) is 1. The molecule has 4 aliphatic heterocycles. The number of amides is 3. The number of aliphatic hydroxyl groups excluding tert-OH is 1. The van der Waals surface area contributed by atoms with Crippen LogP contribution in [0.3, 0.4) is 0 Å². The lowest BCUT2D eigenvalue weighted by Crippen LogP contribution is -2.56. The van der Waals surface area contributed by atoms with E-state index in [4.69, 9.17) is 4.74 Å². The fraction of sp³-hybridized carbons (Fsp3) is 0.406. The van der Waals surface area contributed by atoms with Crippen LogP contribution in [0.25, 0.3) is 0 Å². The van der Waals surface area contributed by atoms with Crippen LogP contribution in [0.4, 0.5) is 5.69 Å². The van der Waals surface area contributed by atoms with Crippen molar-refractivity contribution >= 4 is 23.4 Å². The van der Waals surface area contributed by atoms with Gasteiger partial charge in [-0.15, -0.1) is 0 Å². The molecule has 2 aromatic carbocycles. The Balaban J connectivity index is 1.47. The first kappa shape index (κ1) is 26.5. The third-order valence-electron chi connectivity index (χ3n) is 8.72. The normalized spacial score (nSPS) is 30.1. The molecule has 0 bridgehead atoms. The summed E-state index contributed by atoms with van der Waals surface area (Å²) >= 11 is 0. The maximum absolute atomic E-state index is 14.6. The van der Waals surface area contributed by atoms with Gasteiger partial charge in [0.15, 0.2) is 0 Å². The molecule has 4 heterocycles. The van der Waals surface area contributed by atoms with E-state index in [2.05, 4.69) is 6.92 Å². The van der Waals surface area contributed by atoms with Crippen molar-refractivity contribution in [3.05, 3.63) is 90.5 Å². The summed E-state index contributed by atoms with van der Waals surface area (Å²) in [6.45, 7) is 3.03. The first-order chi connectivity index (χ1) is 19.5.